The Balaban J connectivity index is 1.86. The Morgan fingerprint density at radius 2 is 2.06 bits per heavy atom. The van der Waals surface area contributed by atoms with Gasteiger partial charge in [0.25, 0.3) is 0 Å². The van der Waals surface area contributed by atoms with Crippen LogP contribution in [0.3, 0.4) is 0 Å². The SMILES string of the molecule is C=C(CNC1CCS(=O)(=O)C1)c1ccccc1. The van der Waals surface area contributed by atoms with Crippen molar-refractivity contribution in [1.29, 1.82) is 0 Å². The zero-order valence-corrected chi connectivity index (χ0v) is 10.5. The molecule has 2 rings (SSSR count). The van der Waals surface area contributed by atoms with Crippen molar-refractivity contribution < 1.29 is 8.42 Å². The van der Waals surface area contributed by atoms with Crippen molar-refractivity contribution >= 4 is 15.4 Å². The quantitative estimate of drug-likeness (QED) is 0.881. The normalized spacial score (nSPS) is 22.5. The molecule has 1 heterocycles. The molecule has 4 heteroatoms. The van der Waals surface area contributed by atoms with E-state index in [0.717, 1.165) is 11.1 Å². The summed E-state index contributed by atoms with van der Waals surface area (Å²) in [5, 5.41) is 3.26. The summed E-state index contributed by atoms with van der Waals surface area (Å²) >= 11 is 0. The van der Waals surface area contributed by atoms with Gasteiger partial charge in [-0.25, -0.2) is 8.42 Å². The highest BCUT2D eigenvalue weighted by Crippen LogP contribution is 2.14. The fourth-order valence-corrected chi connectivity index (χ4v) is 3.71. The fourth-order valence-electron chi connectivity index (χ4n) is 2.00. The van der Waals surface area contributed by atoms with Crippen LogP contribution in [-0.2, 0) is 9.84 Å². The van der Waals surface area contributed by atoms with E-state index in [2.05, 4.69) is 11.9 Å². The van der Waals surface area contributed by atoms with E-state index in [1.165, 1.54) is 0 Å². The molecule has 0 radical (unpaired) electrons. The number of hydrogen-bond donors (Lipinski definition) is 1. The van der Waals surface area contributed by atoms with Gasteiger partial charge in [0, 0.05) is 12.6 Å². The van der Waals surface area contributed by atoms with Crippen LogP contribution in [0, 0.1) is 0 Å². The van der Waals surface area contributed by atoms with E-state index in [1.807, 2.05) is 30.3 Å². The monoisotopic (exact) mass is 251 g/mol. The van der Waals surface area contributed by atoms with Crippen LogP contribution in [-0.4, -0.2) is 32.5 Å². The van der Waals surface area contributed by atoms with Crippen molar-refractivity contribution in [3.63, 3.8) is 0 Å². The van der Waals surface area contributed by atoms with Crippen LogP contribution in [0.15, 0.2) is 36.9 Å². The molecule has 1 N–H and O–H groups in total. The summed E-state index contributed by atoms with van der Waals surface area (Å²) in [6.45, 7) is 4.65. The summed E-state index contributed by atoms with van der Waals surface area (Å²) in [6, 6.07) is 10.0. The maximum atomic E-state index is 11.3. The third-order valence-corrected chi connectivity index (χ3v) is 4.79. The van der Waals surface area contributed by atoms with Crippen molar-refractivity contribution in [2.45, 2.75) is 12.5 Å². The summed E-state index contributed by atoms with van der Waals surface area (Å²) in [7, 11) is -2.80. The molecule has 0 amide bonds. The first-order chi connectivity index (χ1) is 8.07. The molecule has 92 valence electrons. The number of benzene rings is 1. The lowest BCUT2D eigenvalue weighted by Crippen LogP contribution is -2.31. The zero-order valence-electron chi connectivity index (χ0n) is 9.72. The van der Waals surface area contributed by atoms with Crippen molar-refractivity contribution in [3.8, 4) is 0 Å². The van der Waals surface area contributed by atoms with Crippen LogP contribution in [0.5, 0.6) is 0 Å². The van der Waals surface area contributed by atoms with Crippen molar-refractivity contribution in [2.24, 2.45) is 0 Å². The molecule has 1 aliphatic rings. The first-order valence-electron chi connectivity index (χ1n) is 5.74. The molecule has 1 fully saturated rings. The van der Waals surface area contributed by atoms with Gasteiger partial charge in [-0.1, -0.05) is 36.9 Å². The number of nitrogens with one attached hydrogen (secondary N) is 1. The fraction of sp³-hybridized carbons (Fsp3) is 0.385. The summed E-state index contributed by atoms with van der Waals surface area (Å²) in [6.07, 6.45) is 0.713. The summed E-state index contributed by atoms with van der Waals surface area (Å²) < 4.78 is 22.6. The van der Waals surface area contributed by atoms with Crippen molar-refractivity contribution in [1.82, 2.24) is 5.32 Å². The lowest BCUT2D eigenvalue weighted by molar-refractivity contribution is 0.587. The van der Waals surface area contributed by atoms with Gasteiger partial charge in [0.15, 0.2) is 9.84 Å². The van der Waals surface area contributed by atoms with Crippen molar-refractivity contribution in [3.05, 3.63) is 42.5 Å². The number of hydrogen-bond acceptors (Lipinski definition) is 3. The second kappa shape index (κ2) is 5.02. The topological polar surface area (TPSA) is 46.2 Å². The molecule has 1 aromatic rings. The van der Waals surface area contributed by atoms with Gasteiger partial charge < -0.3 is 5.32 Å². The largest absolute Gasteiger partial charge is 0.309 e. The highest BCUT2D eigenvalue weighted by Gasteiger charge is 2.27. The highest BCUT2D eigenvalue weighted by molar-refractivity contribution is 7.91. The maximum absolute atomic E-state index is 11.3. The van der Waals surface area contributed by atoms with Crippen LogP contribution in [0.25, 0.3) is 5.57 Å². The Bertz CT molecular complexity index is 493. The second-order valence-electron chi connectivity index (χ2n) is 4.45. The van der Waals surface area contributed by atoms with Crippen LogP contribution >= 0.6 is 0 Å². The molecule has 3 nitrogen and oxygen atoms in total. The minimum absolute atomic E-state index is 0.0838. The Morgan fingerprint density at radius 1 is 1.35 bits per heavy atom. The highest BCUT2D eigenvalue weighted by atomic mass is 32.2. The Hall–Kier alpha value is -1.13. The van der Waals surface area contributed by atoms with Gasteiger partial charge in [-0.15, -0.1) is 0 Å². The third kappa shape index (κ3) is 3.41. The standard InChI is InChI=1S/C13H17NO2S/c1-11(12-5-3-2-4-6-12)9-14-13-7-8-17(15,16)10-13/h2-6,13-14H,1,7-10H2. The summed E-state index contributed by atoms with van der Waals surface area (Å²) in [5.74, 6) is 0.567. The lowest BCUT2D eigenvalue weighted by Gasteiger charge is -2.12. The molecule has 1 atom stereocenters. The second-order valence-corrected chi connectivity index (χ2v) is 6.68. The Morgan fingerprint density at radius 3 is 2.65 bits per heavy atom. The first kappa shape index (κ1) is 12.3. The van der Waals surface area contributed by atoms with E-state index in [-0.39, 0.29) is 11.8 Å². The third-order valence-electron chi connectivity index (χ3n) is 3.02. The molecule has 1 saturated heterocycles. The van der Waals surface area contributed by atoms with E-state index in [9.17, 15) is 8.42 Å². The lowest BCUT2D eigenvalue weighted by atomic mass is 10.1. The van der Waals surface area contributed by atoms with Gasteiger partial charge in [-0.3, -0.25) is 0 Å². The van der Waals surface area contributed by atoms with Gasteiger partial charge in [-0.2, -0.15) is 0 Å². The molecule has 1 unspecified atom stereocenters. The van der Waals surface area contributed by atoms with Crippen LogP contribution in [0.2, 0.25) is 0 Å². The van der Waals surface area contributed by atoms with Crippen molar-refractivity contribution in [2.75, 3.05) is 18.1 Å². The van der Waals surface area contributed by atoms with Gasteiger partial charge in [-0.05, 0) is 17.6 Å². The van der Waals surface area contributed by atoms with E-state index in [4.69, 9.17) is 0 Å². The molecule has 0 aromatic heterocycles. The molecule has 0 saturated carbocycles. The van der Waals surface area contributed by atoms with E-state index < -0.39 is 9.84 Å². The molecular weight excluding hydrogens is 234 g/mol. The Kier molecular flexibility index (Phi) is 3.64. The van der Waals surface area contributed by atoms with E-state index >= 15 is 0 Å². The minimum Gasteiger partial charge on any atom is -0.309 e. The first-order valence-corrected chi connectivity index (χ1v) is 7.56. The predicted octanol–water partition coefficient (Wildman–Crippen LogP) is 1.48. The molecule has 0 aliphatic carbocycles. The maximum Gasteiger partial charge on any atom is 0.151 e. The summed E-state index contributed by atoms with van der Waals surface area (Å²) in [5.41, 5.74) is 2.09. The number of rotatable bonds is 4. The predicted molar refractivity (Wildman–Crippen MR) is 70.5 cm³/mol. The molecule has 1 aromatic carbocycles. The van der Waals surface area contributed by atoms with E-state index in [1.54, 1.807) is 0 Å². The van der Waals surface area contributed by atoms with Gasteiger partial charge in [0.1, 0.15) is 0 Å². The molecule has 0 spiro atoms. The van der Waals surface area contributed by atoms with Crippen LogP contribution < -0.4 is 5.32 Å². The van der Waals surface area contributed by atoms with E-state index in [0.29, 0.717) is 18.7 Å². The Labute approximate surface area is 102 Å². The molecule has 1 aliphatic heterocycles. The van der Waals surface area contributed by atoms with Gasteiger partial charge in [0.05, 0.1) is 11.5 Å². The smallest absolute Gasteiger partial charge is 0.151 e. The van der Waals surface area contributed by atoms with Crippen LogP contribution in [0.1, 0.15) is 12.0 Å². The minimum atomic E-state index is -2.80. The average Bonchev–Trinajstić information content (AvgIpc) is 2.67. The molecular formula is C13H17NO2S. The zero-order chi connectivity index (χ0) is 12.3. The van der Waals surface area contributed by atoms with Crippen LogP contribution in [0.4, 0.5) is 0 Å². The van der Waals surface area contributed by atoms with Gasteiger partial charge >= 0.3 is 0 Å². The molecule has 17 heavy (non-hydrogen) atoms. The van der Waals surface area contributed by atoms with Gasteiger partial charge in [0.2, 0.25) is 0 Å². The average molecular weight is 251 g/mol. The summed E-state index contributed by atoms with van der Waals surface area (Å²) in [4.78, 5) is 0. The molecule has 0 bridgehead atoms. The number of sulfone groups is 1.